The molecule has 3 nitrogen and oxygen atoms in total. The van der Waals surface area contributed by atoms with Crippen LogP contribution in [0.15, 0.2) is 30.3 Å². The summed E-state index contributed by atoms with van der Waals surface area (Å²) in [5, 5.41) is 0.860. The van der Waals surface area contributed by atoms with Crippen LogP contribution in [0.4, 0.5) is 0 Å². The number of carbonyl (C=O) groups excluding carboxylic acids is 1. The second-order valence-electron chi connectivity index (χ2n) is 4.06. The van der Waals surface area contributed by atoms with E-state index in [2.05, 4.69) is 4.98 Å². The number of benzene rings is 1. The maximum Gasteiger partial charge on any atom is 0.308 e. The van der Waals surface area contributed by atoms with Crippen molar-refractivity contribution in [2.24, 2.45) is 0 Å². The highest BCUT2D eigenvalue weighted by Crippen LogP contribution is 2.30. The lowest BCUT2D eigenvalue weighted by Crippen LogP contribution is -2.05. The van der Waals surface area contributed by atoms with E-state index in [0.29, 0.717) is 5.75 Å². The lowest BCUT2D eigenvalue weighted by molar-refractivity contribution is -0.131. The van der Waals surface area contributed by atoms with Crippen molar-refractivity contribution in [2.45, 2.75) is 20.8 Å². The molecule has 0 aliphatic heterocycles. The van der Waals surface area contributed by atoms with Gasteiger partial charge in [0.25, 0.3) is 0 Å². The minimum absolute atomic E-state index is 0.319. The molecule has 1 aromatic heterocycles. The van der Waals surface area contributed by atoms with E-state index in [1.54, 1.807) is 0 Å². The molecule has 0 amide bonds. The first kappa shape index (κ1) is 12.3. The highest BCUT2D eigenvalue weighted by molar-refractivity contribution is 5.90. The smallest absolute Gasteiger partial charge is 0.308 e. The Morgan fingerprint density at radius 3 is 2.72 bits per heavy atom. The van der Waals surface area contributed by atoms with Gasteiger partial charge in [0.2, 0.25) is 0 Å². The number of allylic oxidation sites excluding steroid dienone is 1. The number of fused-ring (bicyclic) bond motifs is 1. The molecule has 0 saturated heterocycles. The van der Waals surface area contributed by atoms with E-state index in [0.717, 1.165) is 22.2 Å². The normalized spacial score (nSPS) is 11.1. The summed E-state index contributed by atoms with van der Waals surface area (Å²) in [6, 6.07) is 7.65. The van der Waals surface area contributed by atoms with E-state index in [9.17, 15) is 4.79 Å². The topological polar surface area (TPSA) is 39.2 Å². The molecule has 2 aromatic rings. The van der Waals surface area contributed by atoms with Crippen LogP contribution in [0.5, 0.6) is 5.75 Å². The molecule has 0 N–H and O–H groups in total. The summed E-state index contributed by atoms with van der Waals surface area (Å²) < 4.78 is 5.33. The second-order valence-corrected chi connectivity index (χ2v) is 4.06. The third-order valence-electron chi connectivity index (χ3n) is 2.68. The third-order valence-corrected chi connectivity index (χ3v) is 2.68. The molecule has 0 bridgehead atoms. The molecule has 0 spiro atoms. The maximum absolute atomic E-state index is 11.2. The van der Waals surface area contributed by atoms with E-state index in [1.807, 2.05) is 50.3 Å². The number of rotatable bonds is 2. The average molecular weight is 241 g/mol. The largest absolute Gasteiger partial charge is 0.426 e. The van der Waals surface area contributed by atoms with Crippen LogP contribution in [0.25, 0.3) is 17.0 Å². The van der Waals surface area contributed by atoms with Crippen LogP contribution in [-0.4, -0.2) is 11.0 Å². The van der Waals surface area contributed by atoms with E-state index in [-0.39, 0.29) is 5.97 Å². The molecule has 18 heavy (non-hydrogen) atoms. The number of esters is 1. The Morgan fingerprint density at radius 1 is 1.33 bits per heavy atom. The van der Waals surface area contributed by atoms with Crippen LogP contribution in [-0.2, 0) is 4.79 Å². The Bertz CT molecular complexity index is 630. The molecule has 0 unspecified atom stereocenters. The standard InChI is InChI=1S/C15H15NO2/c1-4-7-13-10(2)15(18-11(3)17)12-8-5-6-9-14(12)16-13/h4-9H,1-3H3/b7-4+. The van der Waals surface area contributed by atoms with Gasteiger partial charge in [0.1, 0.15) is 5.75 Å². The minimum atomic E-state index is -0.319. The SMILES string of the molecule is C/C=C/c1nc2ccccc2c(OC(C)=O)c1C. The van der Waals surface area contributed by atoms with Crippen molar-refractivity contribution in [3.63, 3.8) is 0 Å². The van der Waals surface area contributed by atoms with Gasteiger partial charge < -0.3 is 4.74 Å². The molecule has 92 valence electrons. The van der Waals surface area contributed by atoms with Gasteiger partial charge in [0.15, 0.2) is 0 Å². The fraction of sp³-hybridized carbons (Fsp3) is 0.200. The molecule has 3 heteroatoms. The van der Waals surface area contributed by atoms with Crippen molar-refractivity contribution in [1.82, 2.24) is 4.98 Å². The number of carbonyl (C=O) groups is 1. The predicted molar refractivity (Wildman–Crippen MR) is 72.5 cm³/mol. The summed E-state index contributed by atoms with van der Waals surface area (Å²) in [4.78, 5) is 15.8. The minimum Gasteiger partial charge on any atom is -0.426 e. The van der Waals surface area contributed by atoms with Gasteiger partial charge in [0.05, 0.1) is 11.2 Å². The molecule has 0 fully saturated rings. The van der Waals surface area contributed by atoms with Gasteiger partial charge in [-0.05, 0) is 32.1 Å². The highest BCUT2D eigenvalue weighted by Gasteiger charge is 2.12. The van der Waals surface area contributed by atoms with Crippen molar-refractivity contribution in [3.8, 4) is 5.75 Å². The van der Waals surface area contributed by atoms with E-state index >= 15 is 0 Å². The van der Waals surface area contributed by atoms with Crippen molar-refractivity contribution >= 4 is 22.9 Å². The molecule has 0 radical (unpaired) electrons. The van der Waals surface area contributed by atoms with Crippen LogP contribution in [0.1, 0.15) is 25.1 Å². The first-order valence-corrected chi connectivity index (χ1v) is 5.84. The lowest BCUT2D eigenvalue weighted by atomic mass is 10.1. The Morgan fingerprint density at radius 2 is 2.06 bits per heavy atom. The molecule has 0 atom stereocenters. The highest BCUT2D eigenvalue weighted by atomic mass is 16.5. The summed E-state index contributed by atoms with van der Waals surface area (Å²) >= 11 is 0. The zero-order valence-electron chi connectivity index (χ0n) is 10.7. The number of hydrogen-bond donors (Lipinski definition) is 0. The summed E-state index contributed by atoms with van der Waals surface area (Å²) in [6.45, 7) is 5.25. The van der Waals surface area contributed by atoms with Gasteiger partial charge in [-0.15, -0.1) is 0 Å². The van der Waals surface area contributed by atoms with Gasteiger partial charge in [-0.2, -0.15) is 0 Å². The maximum atomic E-state index is 11.2. The molecular weight excluding hydrogens is 226 g/mol. The van der Waals surface area contributed by atoms with Crippen LogP contribution in [0.2, 0.25) is 0 Å². The van der Waals surface area contributed by atoms with Crippen molar-refractivity contribution in [2.75, 3.05) is 0 Å². The molecule has 1 aromatic carbocycles. The van der Waals surface area contributed by atoms with Gasteiger partial charge in [0, 0.05) is 17.9 Å². The Kier molecular flexibility index (Phi) is 3.42. The van der Waals surface area contributed by atoms with E-state index in [4.69, 9.17) is 4.74 Å². The third kappa shape index (κ3) is 2.25. The van der Waals surface area contributed by atoms with Gasteiger partial charge in [-0.25, -0.2) is 4.98 Å². The Hall–Kier alpha value is -2.16. The lowest BCUT2D eigenvalue weighted by Gasteiger charge is -2.11. The molecule has 2 rings (SSSR count). The second kappa shape index (κ2) is 5.00. The average Bonchev–Trinajstić information content (AvgIpc) is 2.34. The zero-order chi connectivity index (χ0) is 13.1. The molecular formula is C15H15NO2. The van der Waals surface area contributed by atoms with Crippen LogP contribution >= 0.6 is 0 Å². The van der Waals surface area contributed by atoms with Crippen LogP contribution in [0, 0.1) is 6.92 Å². The van der Waals surface area contributed by atoms with Crippen molar-refractivity contribution in [1.29, 1.82) is 0 Å². The first-order valence-electron chi connectivity index (χ1n) is 5.84. The molecule has 0 saturated carbocycles. The van der Waals surface area contributed by atoms with Crippen LogP contribution < -0.4 is 4.74 Å². The summed E-state index contributed by atoms with van der Waals surface area (Å²) in [7, 11) is 0. The number of aromatic nitrogens is 1. The van der Waals surface area contributed by atoms with E-state index < -0.39 is 0 Å². The molecule has 1 heterocycles. The van der Waals surface area contributed by atoms with Gasteiger partial charge in [-0.3, -0.25) is 4.79 Å². The number of para-hydroxylation sites is 1. The Balaban J connectivity index is 2.76. The summed E-state index contributed by atoms with van der Waals surface area (Å²) in [6.07, 6.45) is 3.83. The first-order chi connectivity index (χ1) is 8.63. The fourth-order valence-electron chi connectivity index (χ4n) is 1.89. The summed E-state index contributed by atoms with van der Waals surface area (Å²) in [5.41, 5.74) is 2.53. The van der Waals surface area contributed by atoms with Crippen molar-refractivity contribution < 1.29 is 9.53 Å². The number of hydrogen-bond acceptors (Lipinski definition) is 3. The molecule has 0 aliphatic rings. The zero-order valence-corrected chi connectivity index (χ0v) is 10.7. The monoisotopic (exact) mass is 241 g/mol. The van der Waals surface area contributed by atoms with E-state index in [1.165, 1.54) is 6.92 Å². The Labute approximate surface area is 106 Å². The predicted octanol–water partition coefficient (Wildman–Crippen LogP) is 3.50. The fourth-order valence-corrected chi connectivity index (χ4v) is 1.89. The number of ether oxygens (including phenoxy) is 1. The quantitative estimate of drug-likeness (QED) is 0.755. The van der Waals surface area contributed by atoms with Crippen LogP contribution in [0.3, 0.4) is 0 Å². The summed E-state index contributed by atoms with van der Waals surface area (Å²) in [5.74, 6) is 0.280. The van der Waals surface area contributed by atoms with Gasteiger partial charge in [-0.1, -0.05) is 18.2 Å². The van der Waals surface area contributed by atoms with Gasteiger partial charge >= 0.3 is 5.97 Å². The number of nitrogens with zero attached hydrogens (tertiary/aromatic N) is 1. The number of pyridine rings is 1. The molecule has 0 aliphatic carbocycles. The van der Waals surface area contributed by atoms with Crippen molar-refractivity contribution in [3.05, 3.63) is 41.6 Å².